The first-order valence-electron chi connectivity index (χ1n) is 8.99. The quantitative estimate of drug-likeness (QED) is 0.414. The van der Waals surface area contributed by atoms with Gasteiger partial charge in [-0.05, 0) is 18.6 Å². The minimum atomic E-state index is -1.38. The van der Waals surface area contributed by atoms with E-state index in [0.29, 0.717) is 18.9 Å². The minimum absolute atomic E-state index is 0.0446. The summed E-state index contributed by atoms with van der Waals surface area (Å²) in [6, 6.07) is 0.229. The maximum absolute atomic E-state index is 12.4. The second kappa shape index (κ2) is 8.31. The highest BCUT2D eigenvalue weighted by Gasteiger charge is 2.35. The molecule has 156 valence electrons. The second-order valence-electron chi connectivity index (χ2n) is 6.86. The molecule has 1 amide bonds. The fraction of sp³-hybridized carbons (Fsp3) is 0.471. The molecule has 0 unspecified atom stereocenters. The van der Waals surface area contributed by atoms with Crippen LogP contribution in [0.5, 0.6) is 0 Å². The van der Waals surface area contributed by atoms with Crippen molar-refractivity contribution in [2.45, 2.75) is 37.3 Å². The summed E-state index contributed by atoms with van der Waals surface area (Å²) in [6.45, 7) is 0.684. The molecule has 0 aliphatic carbocycles. The molecule has 0 saturated heterocycles. The maximum atomic E-state index is 12.4. The first-order chi connectivity index (χ1) is 13.7. The van der Waals surface area contributed by atoms with Gasteiger partial charge < -0.3 is 31.5 Å². The second-order valence-corrected chi connectivity index (χ2v) is 6.86. The number of nitrogens with one attached hydrogen (secondary N) is 1. The molecule has 3 rings (SSSR count). The maximum Gasteiger partial charge on any atom is 0.351 e. The lowest BCUT2D eigenvalue weighted by Crippen LogP contribution is -2.51. The van der Waals surface area contributed by atoms with Gasteiger partial charge in [0.05, 0.1) is 12.1 Å². The number of hydrogen-bond acceptors (Lipinski definition) is 9. The molecule has 6 N–H and O–H groups in total. The Bertz CT molecular complexity index is 912. The number of nitrogens with two attached hydrogens (primary N) is 2. The number of carbonyl (C=O) groups is 2. The van der Waals surface area contributed by atoms with Gasteiger partial charge in [0.2, 0.25) is 5.91 Å². The smallest absolute Gasteiger partial charge is 0.351 e. The normalized spacial score (nSPS) is 26.7. The third-order valence-electron chi connectivity index (χ3n) is 4.72. The van der Waals surface area contributed by atoms with Gasteiger partial charge in [0.1, 0.15) is 5.82 Å². The summed E-state index contributed by atoms with van der Waals surface area (Å²) in [5.41, 5.74) is 10.6. The summed E-state index contributed by atoms with van der Waals surface area (Å²) in [5, 5.41) is 12.1. The molecule has 0 radical (unpaired) electrons. The van der Waals surface area contributed by atoms with Gasteiger partial charge in [0, 0.05) is 26.2 Å². The van der Waals surface area contributed by atoms with Crippen molar-refractivity contribution in [3.63, 3.8) is 0 Å². The highest BCUT2D eigenvalue weighted by atomic mass is 16.5. The predicted octanol–water partition coefficient (Wildman–Crippen LogP) is -1.74. The summed E-state index contributed by atoms with van der Waals surface area (Å²) in [7, 11) is 1.81. The van der Waals surface area contributed by atoms with Crippen LogP contribution in [0.1, 0.15) is 19.1 Å². The average Bonchev–Trinajstić information content (AvgIpc) is 2.65. The molecule has 12 heteroatoms. The minimum Gasteiger partial charge on any atom is -0.479 e. The van der Waals surface area contributed by atoms with Gasteiger partial charge in [-0.2, -0.15) is 4.98 Å². The number of carbonyl (C=O) groups excluding carboxylic acids is 1. The van der Waals surface area contributed by atoms with Crippen molar-refractivity contribution in [1.82, 2.24) is 19.8 Å². The molecule has 29 heavy (non-hydrogen) atoms. The van der Waals surface area contributed by atoms with Crippen LogP contribution in [0.25, 0.3) is 0 Å². The lowest BCUT2D eigenvalue weighted by atomic mass is 10.1. The topological polar surface area (TPSA) is 178 Å². The number of ether oxygens (including phenoxy) is 1. The zero-order chi connectivity index (χ0) is 21.1. The van der Waals surface area contributed by atoms with Crippen LogP contribution in [0.15, 0.2) is 34.2 Å². The average molecular weight is 405 g/mol. The molecule has 1 aromatic rings. The number of carboxylic acid groups (broad SMARTS) is 1. The zero-order valence-electron chi connectivity index (χ0n) is 15.8. The fourth-order valence-electron chi connectivity index (χ4n) is 3.12. The lowest BCUT2D eigenvalue weighted by Gasteiger charge is -2.31. The molecule has 2 aliphatic rings. The number of aromatic nitrogens is 2. The van der Waals surface area contributed by atoms with E-state index in [2.05, 4.69) is 15.3 Å². The first kappa shape index (κ1) is 20.3. The Kier molecular flexibility index (Phi) is 5.82. The lowest BCUT2D eigenvalue weighted by molar-refractivity contribution is -0.159. The Labute approximate surface area is 165 Å². The highest BCUT2D eigenvalue weighted by Crippen LogP contribution is 2.21. The van der Waals surface area contributed by atoms with Gasteiger partial charge in [-0.1, -0.05) is 6.08 Å². The van der Waals surface area contributed by atoms with Crippen LogP contribution in [-0.2, 0) is 14.3 Å². The van der Waals surface area contributed by atoms with E-state index in [0.717, 1.165) is 4.57 Å². The van der Waals surface area contributed by atoms with E-state index < -0.39 is 30.0 Å². The van der Waals surface area contributed by atoms with E-state index >= 15 is 0 Å². The Morgan fingerprint density at radius 1 is 1.38 bits per heavy atom. The van der Waals surface area contributed by atoms with Crippen LogP contribution >= 0.6 is 0 Å². The van der Waals surface area contributed by atoms with Crippen molar-refractivity contribution in [1.29, 1.82) is 0 Å². The molecule has 3 heterocycles. The molecular weight excluding hydrogens is 382 g/mol. The van der Waals surface area contributed by atoms with E-state index in [9.17, 15) is 19.5 Å². The van der Waals surface area contributed by atoms with E-state index in [-0.39, 0.29) is 24.2 Å². The monoisotopic (exact) mass is 405 g/mol. The standard InChI is InChI=1S/C17H23N7O5/c1-23-6-4-9(20-16(23)19)8-12(25)21-10-2-3-13(29-14(10)15(26)27)24-7-5-11(18)22-17(24)28/h2-3,5,7,9-10,13-14H,4,6,8H2,1H3,(H2,19,20)(H,21,25)(H,26,27)(H2,18,22,28)/t9-,10-,13+,14-/m0/s1. The summed E-state index contributed by atoms with van der Waals surface area (Å²) in [4.78, 5) is 45.6. The number of guanidine groups is 1. The molecular formula is C17H23N7O5. The van der Waals surface area contributed by atoms with E-state index in [1.54, 1.807) is 4.90 Å². The van der Waals surface area contributed by atoms with E-state index in [4.69, 9.17) is 16.2 Å². The van der Waals surface area contributed by atoms with Crippen LogP contribution in [0.4, 0.5) is 5.82 Å². The highest BCUT2D eigenvalue weighted by molar-refractivity contribution is 5.82. The van der Waals surface area contributed by atoms with Crippen LogP contribution in [0.2, 0.25) is 0 Å². The van der Waals surface area contributed by atoms with Gasteiger partial charge >= 0.3 is 11.7 Å². The molecule has 1 aromatic heterocycles. The van der Waals surface area contributed by atoms with E-state index in [1.165, 1.54) is 24.4 Å². The van der Waals surface area contributed by atoms with Crippen molar-refractivity contribution in [3.8, 4) is 0 Å². The third-order valence-corrected chi connectivity index (χ3v) is 4.72. The zero-order valence-corrected chi connectivity index (χ0v) is 15.8. The molecule has 0 spiro atoms. The number of nitrogens with zero attached hydrogens (tertiary/aromatic N) is 4. The van der Waals surface area contributed by atoms with Crippen LogP contribution in [0, 0.1) is 0 Å². The number of anilines is 1. The predicted molar refractivity (Wildman–Crippen MR) is 103 cm³/mol. The molecule has 0 saturated carbocycles. The summed E-state index contributed by atoms with van der Waals surface area (Å²) in [5.74, 6) is -1.24. The number of aliphatic carboxylic acids is 1. The van der Waals surface area contributed by atoms with Crippen molar-refractivity contribution in [2.24, 2.45) is 10.7 Å². The number of rotatable bonds is 5. The number of aliphatic imine (C=N–C) groups is 1. The van der Waals surface area contributed by atoms with Gasteiger partial charge in [-0.25, -0.2) is 14.6 Å². The Morgan fingerprint density at radius 3 is 2.79 bits per heavy atom. The SMILES string of the molecule is CN1CC[C@@H](CC(=O)N[C@H]2C=C[C@H](n3ccc(N)nc3=O)O[C@@H]2C(=O)O)N=C1N. The fourth-order valence-corrected chi connectivity index (χ4v) is 3.12. The molecule has 12 nitrogen and oxygen atoms in total. The van der Waals surface area contributed by atoms with Crippen molar-refractivity contribution >= 4 is 23.7 Å². The van der Waals surface area contributed by atoms with Crippen molar-refractivity contribution in [2.75, 3.05) is 19.3 Å². The van der Waals surface area contributed by atoms with Crippen LogP contribution < -0.4 is 22.5 Å². The Hall–Kier alpha value is -3.41. The molecule has 0 fully saturated rings. The molecule has 0 aromatic carbocycles. The van der Waals surface area contributed by atoms with Gasteiger partial charge in [-0.3, -0.25) is 9.36 Å². The molecule has 4 atom stereocenters. The number of carboxylic acids is 1. The van der Waals surface area contributed by atoms with E-state index in [1.807, 2.05) is 7.05 Å². The first-order valence-corrected chi connectivity index (χ1v) is 8.99. The van der Waals surface area contributed by atoms with Crippen LogP contribution in [0.3, 0.4) is 0 Å². The van der Waals surface area contributed by atoms with Crippen molar-refractivity contribution in [3.05, 3.63) is 34.9 Å². The third kappa shape index (κ3) is 4.71. The Balaban J connectivity index is 1.69. The van der Waals surface area contributed by atoms with Crippen LogP contribution in [-0.4, -0.2) is 69.2 Å². The van der Waals surface area contributed by atoms with Gasteiger partial charge in [0.15, 0.2) is 18.3 Å². The summed E-state index contributed by atoms with van der Waals surface area (Å²) >= 11 is 0. The number of hydrogen-bond donors (Lipinski definition) is 4. The Morgan fingerprint density at radius 2 is 2.14 bits per heavy atom. The summed E-state index contributed by atoms with van der Waals surface area (Å²) < 4.78 is 6.62. The number of amides is 1. The van der Waals surface area contributed by atoms with Gasteiger partial charge in [-0.15, -0.1) is 0 Å². The largest absolute Gasteiger partial charge is 0.479 e. The van der Waals surface area contributed by atoms with Gasteiger partial charge in [0.25, 0.3) is 0 Å². The number of nitrogen functional groups attached to an aromatic ring is 1. The van der Waals surface area contributed by atoms with Crippen molar-refractivity contribution < 1.29 is 19.4 Å². The molecule has 2 aliphatic heterocycles. The molecule has 0 bridgehead atoms. The summed E-state index contributed by atoms with van der Waals surface area (Å²) in [6.07, 6.45) is 2.71.